The first-order valence-corrected chi connectivity index (χ1v) is 7.26. The van der Waals surface area contributed by atoms with Crippen LogP contribution >= 0.6 is 43.2 Å². The molecule has 0 aromatic carbocycles. The third-order valence-electron chi connectivity index (χ3n) is 2.03. The van der Waals surface area contributed by atoms with E-state index in [0.717, 1.165) is 16.8 Å². The van der Waals surface area contributed by atoms with Gasteiger partial charge < -0.3 is 10.1 Å². The minimum atomic E-state index is 0.270. The highest BCUT2D eigenvalue weighted by molar-refractivity contribution is 9.12. The second kappa shape index (κ2) is 7.01. The summed E-state index contributed by atoms with van der Waals surface area (Å²) in [6.45, 7) is 3.87. The summed E-state index contributed by atoms with van der Waals surface area (Å²) in [5.74, 6) is 0. The lowest BCUT2D eigenvalue weighted by molar-refractivity contribution is 0.167. The van der Waals surface area contributed by atoms with E-state index in [2.05, 4.69) is 50.2 Å². The Kier molecular flexibility index (Phi) is 6.38. The fraction of sp³-hybridized carbons (Fsp3) is 0.600. The van der Waals surface area contributed by atoms with Gasteiger partial charge in [-0.15, -0.1) is 11.3 Å². The van der Waals surface area contributed by atoms with Crippen LogP contribution in [-0.4, -0.2) is 20.3 Å². The standard InChI is InChI=1S/C10H15Br2NOS/c1-3-4-13-8(6-14-2)7-5-9(11)15-10(7)12/h5,8,13H,3-4,6H2,1-2H3. The van der Waals surface area contributed by atoms with Crippen molar-refractivity contribution in [3.63, 3.8) is 0 Å². The van der Waals surface area contributed by atoms with Crippen molar-refractivity contribution < 1.29 is 4.74 Å². The Morgan fingerprint density at radius 2 is 2.27 bits per heavy atom. The Hall–Kier alpha value is 0.580. The third-order valence-corrected chi connectivity index (χ3v) is 4.42. The molecule has 1 atom stereocenters. The lowest BCUT2D eigenvalue weighted by Gasteiger charge is -2.17. The number of halogens is 2. The molecule has 0 radical (unpaired) electrons. The molecule has 0 saturated heterocycles. The Labute approximate surface area is 112 Å². The summed E-state index contributed by atoms with van der Waals surface area (Å²) >= 11 is 8.76. The van der Waals surface area contributed by atoms with Crippen LogP contribution in [0.5, 0.6) is 0 Å². The summed E-state index contributed by atoms with van der Waals surface area (Å²) in [5, 5.41) is 3.47. The van der Waals surface area contributed by atoms with Gasteiger partial charge in [0, 0.05) is 7.11 Å². The molecular formula is C10H15Br2NOS. The van der Waals surface area contributed by atoms with Gasteiger partial charge in [0.2, 0.25) is 0 Å². The molecule has 0 aliphatic heterocycles. The average molecular weight is 357 g/mol. The van der Waals surface area contributed by atoms with Crippen molar-refractivity contribution in [1.82, 2.24) is 5.32 Å². The molecule has 1 rings (SSSR count). The highest BCUT2D eigenvalue weighted by Gasteiger charge is 2.16. The van der Waals surface area contributed by atoms with E-state index < -0.39 is 0 Å². The van der Waals surface area contributed by atoms with Gasteiger partial charge in [-0.3, -0.25) is 0 Å². The summed E-state index contributed by atoms with van der Waals surface area (Å²) in [7, 11) is 1.73. The zero-order valence-corrected chi connectivity index (χ0v) is 12.8. The maximum absolute atomic E-state index is 5.23. The van der Waals surface area contributed by atoms with Gasteiger partial charge in [0.1, 0.15) is 0 Å². The van der Waals surface area contributed by atoms with Crippen LogP contribution in [-0.2, 0) is 4.74 Å². The number of rotatable bonds is 6. The number of thiophene rings is 1. The van der Waals surface area contributed by atoms with Gasteiger partial charge in [-0.25, -0.2) is 0 Å². The predicted octanol–water partition coefficient (Wildman–Crippen LogP) is 3.96. The molecule has 86 valence electrons. The van der Waals surface area contributed by atoms with Crippen molar-refractivity contribution >= 4 is 43.2 Å². The van der Waals surface area contributed by atoms with Gasteiger partial charge in [-0.2, -0.15) is 0 Å². The van der Waals surface area contributed by atoms with Gasteiger partial charge in [0.05, 0.1) is 20.2 Å². The normalized spacial score (nSPS) is 13.1. The molecule has 0 fully saturated rings. The quantitative estimate of drug-likeness (QED) is 0.832. The average Bonchev–Trinajstić information content (AvgIpc) is 2.52. The summed E-state index contributed by atoms with van der Waals surface area (Å²) in [6.07, 6.45) is 1.13. The van der Waals surface area contributed by atoms with Crippen LogP contribution in [0.2, 0.25) is 0 Å². The summed E-state index contributed by atoms with van der Waals surface area (Å²) in [5.41, 5.74) is 1.27. The molecule has 1 N–H and O–H groups in total. The van der Waals surface area contributed by atoms with Crippen molar-refractivity contribution in [1.29, 1.82) is 0 Å². The molecule has 0 bridgehead atoms. The zero-order valence-electron chi connectivity index (χ0n) is 8.85. The largest absolute Gasteiger partial charge is 0.383 e. The van der Waals surface area contributed by atoms with E-state index in [4.69, 9.17) is 4.74 Å². The maximum Gasteiger partial charge on any atom is 0.0759 e. The lowest BCUT2D eigenvalue weighted by Crippen LogP contribution is -2.25. The topological polar surface area (TPSA) is 21.3 Å². The fourth-order valence-corrected chi connectivity index (χ4v) is 4.31. The van der Waals surface area contributed by atoms with Crippen LogP contribution in [0.4, 0.5) is 0 Å². The minimum absolute atomic E-state index is 0.270. The number of hydrogen-bond donors (Lipinski definition) is 1. The molecule has 0 aliphatic carbocycles. The van der Waals surface area contributed by atoms with Gasteiger partial charge in [-0.1, -0.05) is 6.92 Å². The molecule has 15 heavy (non-hydrogen) atoms. The van der Waals surface area contributed by atoms with Crippen molar-refractivity contribution in [3.05, 3.63) is 19.2 Å². The minimum Gasteiger partial charge on any atom is -0.383 e. The van der Waals surface area contributed by atoms with Gasteiger partial charge in [0.15, 0.2) is 0 Å². The van der Waals surface area contributed by atoms with E-state index in [1.165, 1.54) is 9.35 Å². The third kappa shape index (κ3) is 4.15. The molecule has 0 saturated carbocycles. The molecule has 1 unspecified atom stereocenters. The molecule has 5 heteroatoms. The summed E-state index contributed by atoms with van der Waals surface area (Å²) in [4.78, 5) is 0. The summed E-state index contributed by atoms with van der Waals surface area (Å²) in [6, 6.07) is 2.41. The van der Waals surface area contributed by atoms with Crippen LogP contribution in [0, 0.1) is 0 Å². The van der Waals surface area contributed by atoms with Gasteiger partial charge in [-0.05, 0) is 56.5 Å². The van der Waals surface area contributed by atoms with E-state index >= 15 is 0 Å². The first kappa shape index (κ1) is 13.6. The molecule has 1 aromatic rings. The van der Waals surface area contributed by atoms with E-state index in [1.54, 1.807) is 18.4 Å². The first-order chi connectivity index (χ1) is 7.19. The molecule has 1 heterocycles. The highest BCUT2D eigenvalue weighted by Crippen LogP contribution is 2.35. The lowest BCUT2D eigenvalue weighted by atomic mass is 10.1. The van der Waals surface area contributed by atoms with Gasteiger partial charge >= 0.3 is 0 Å². The van der Waals surface area contributed by atoms with Crippen molar-refractivity contribution in [3.8, 4) is 0 Å². The van der Waals surface area contributed by atoms with E-state index in [-0.39, 0.29) is 6.04 Å². The van der Waals surface area contributed by atoms with E-state index in [9.17, 15) is 0 Å². The predicted molar refractivity (Wildman–Crippen MR) is 72.6 cm³/mol. The van der Waals surface area contributed by atoms with E-state index in [0.29, 0.717) is 6.61 Å². The Bertz CT molecular complexity index is 304. The van der Waals surface area contributed by atoms with Crippen LogP contribution in [0.15, 0.2) is 13.6 Å². The molecule has 2 nitrogen and oxygen atoms in total. The number of nitrogens with one attached hydrogen (secondary N) is 1. The molecule has 0 aliphatic rings. The second-order valence-corrected chi connectivity index (χ2v) is 6.99. The molecule has 0 spiro atoms. The van der Waals surface area contributed by atoms with Crippen molar-refractivity contribution in [2.24, 2.45) is 0 Å². The fourth-order valence-electron chi connectivity index (χ4n) is 1.33. The van der Waals surface area contributed by atoms with Crippen LogP contribution in [0.25, 0.3) is 0 Å². The summed E-state index contributed by atoms with van der Waals surface area (Å²) < 4.78 is 7.53. The molecule has 1 aromatic heterocycles. The Balaban J connectivity index is 2.73. The van der Waals surface area contributed by atoms with Gasteiger partial charge in [0.25, 0.3) is 0 Å². The van der Waals surface area contributed by atoms with Crippen LogP contribution < -0.4 is 5.32 Å². The SMILES string of the molecule is CCCNC(COC)c1cc(Br)sc1Br. The van der Waals surface area contributed by atoms with E-state index in [1.807, 2.05) is 0 Å². The highest BCUT2D eigenvalue weighted by atomic mass is 79.9. The number of ether oxygens (including phenoxy) is 1. The second-order valence-electron chi connectivity index (χ2n) is 3.24. The smallest absolute Gasteiger partial charge is 0.0759 e. The van der Waals surface area contributed by atoms with Crippen LogP contribution in [0.1, 0.15) is 24.9 Å². The number of hydrogen-bond acceptors (Lipinski definition) is 3. The van der Waals surface area contributed by atoms with Crippen molar-refractivity contribution in [2.45, 2.75) is 19.4 Å². The Morgan fingerprint density at radius 3 is 2.73 bits per heavy atom. The Morgan fingerprint density at radius 1 is 1.53 bits per heavy atom. The number of methoxy groups -OCH3 is 1. The zero-order chi connectivity index (χ0) is 11.3. The monoisotopic (exact) mass is 355 g/mol. The maximum atomic E-state index is 5.23. The van der Waals surface area contributed by atoms with Crippen molar-refractivity contribution in [2.75, 3.05) is 20.3 Å². The molecule has 0 amide bonds. The van der Waals surface area contributed by atoms with Crippen LogP contribution in [0.3, 0.4) is 0 Å². The molecular weight excluding hydrogens is 342 g/mol. The first-order valence-electron chi connectivity index (χ1n) is 4.86.